The molecule has 2 aromatic carbocycles. The molecule has 4 nitrogen and oxygen atoms in total. The molecule has 0 radical (unpaired) electrons. The Labute approximate surface area is 177 Å². The molecule has 0 saturated heterocycles. The number of para-hydroxylation sites is 1. The van der Waals surface area contributed by atoms with Gasteiger partial charge in [0.2, 0.25) is 0 Å². The number of unbranched alkanes of at least 4 members (excludes halogenated alkanes) is 1. The summed E-state index contributed by atoms with van der Waals surface area (Å²) in [5.41, 5.74) is 3.59. The molecule has 29 heavy (non-hydrogen) atoms. The molecule has 4 rings (SSSR count). The van der Waals surface area contributed by atoms with Gasteiger partial charge in [-0.2, -0.15) is 0 Å². The summed E-state index contributed by atoms with van der Waals surface area (Å²) in [6.45, 7) is 2.19. The van der Waals surface area contributed by atoms with Gasteiger partial charge in [0, 0.05) is 15.4 Å². The van der Waals surface area contributed by atoms with Crippen molar-refractivity contribution in [3.8, 4) is 22.8 Å². The molecule has 4 aromatic rings. The van der Waals surface area contributed by atoms with Gasteiger partial charge in [-0.15, -0.1) is 0 Å². The van der Waals surface area contributed by atoms with Crippen molar-refractivity contribution in [1.82, 2.24) is 4.98 Å². The van der Waals surface area contributed by atoms with Gasteiger partial charge in [-0.1, -0.05) is 49.7 Å². The first-order valence-corrected chi connectivity index (χ1v) is 10.4. The number of carboxylic acids is 1. The molecular weight excluding hydrogens is 430 g/mol. The summed E-state index contributed by atoms with van der Waals surface area (Å²) in [5.74, 6) is 0.273. The first-order chi connectivity index (χ1) is 14.1. The quantitative estimate of drug-likeness (QED) is 0.345. The highest BCUT2D eigenvalue weighted by Gasteiger charge is 2.16. The second-order valence-electron chi connectivity index (χ2n) is 6.96. The molecule has 0 atom stereocenters. The van der Waals surface area contributed by atoms with Crippen LogP contribution in [0.2, 0.25) is 0 Å². The number of rotatable bonds is 6. The minimum Gasteiger partial charge on any atom is -0.478 e. The van der Waals surface area contributed by atoms with Gasteiger partial charge in [-0.25, -0.2) is 9.78 Å². The molecule has 0 bridgehead atoms. The second kappa shape index (κ2) is 8.21. The zero-order valence-electron chi connectivity index (χ0n) is 16.0. The zero-order valence-corrected chi connectivity index (χ0v) is 17.6. The van der Waals surface area contributed by atoms with Gasteiger partial charge in [0.15, 0.2) is 5.76 Å². The number of nitrogens with zero attached hydrogens (tertiary/aromatic N) is 1. The van der Waals surface area contributed by atoms with Crippen LogP contribution < -0.4 is 0 Å². The number of fused-ring (bicyclic) bond motifs is 1. The summed E-state index contributed by atoms with van der Waals surface area (Å²) in [6, 6.07) is 19.1. The predicted octanol–water partition coefficient (Wildman–Crippen LogP) is 6.97. The average molecular weight is 450 g/mol. The molecule has 2 aromatic heterocycles. The van der Waals surface area contributed by atoms with E-state index in [0.717, 1.165) is 22.2 Å². The number of aryl methyl sites for hydroxylation is 1. The lowest BCUT2D eigenvalue weighted by molar-refractivity contribution is 0.0699. The van der Waals surface area contributed by atoms with E-state index in [4.69, 9.17) is 4.42 Å². The third-order valence-corrected chi connectivity index (χ3v) is 5.58. The van der Waals surface area contributed by atoms with Gasteiger partial charge in [-0.3, -0.25) is 0 Å². The summed E-state index contributed by atoms with van der Waals surface area (Å²) in [7, 11) is 0. The van der Waals surface area contributed by atoms with E-state index in [1.54, 1.807) is 18.2 Å². The Morgan fingerprint density at radius 1 is 1.07 bits per heavy atom. The molecular formula is C24H20BrNO3. The number of aromatic carboxylic acids is 1. The monoisotopic (exact) mass is 449 g/mol. The lowest BCUT2D eigenvalue weighted by Gasteiger charge is -2.07. The van der Waals surface area contributed by atoms with Crippen LogP contribution in [0.3, 0.4) is 0 Å². The van der Waals surface area contributed by atoms with E-state index < -0.39 is 5.97 Å². The largest absolute Gasteiger partial charge is 0.478 e. The number of aromatic nitrogens is 1. The summed E-state index contributed by atoms with van der Waals surface area (Å²) in [6.07, 6.45) is 3.43. The van der Waals surface area contributed by atoms with Crippen LogP contribution in [0.5, 0.6) is 0 Å². The molecule has 0 amide bonds. The van der Waals surface area contributed by atoms with Crippen molar-refractivity contribution < 1.29 is 14.3 Å². The molecule has 5 heteroatoms. The number of hydrogen-bond donors (Lipinski definition) is 1. The van der Waals surface area contributed by atoms with Gasteiger partial charge in [-0.05, 0) is 58.6 Å². The highest BCUT2D eigenvalue weighted by Crippen LogP contribution is 2.32. The average Bonchev–Trinajstić information content (AvgIpc) is 3.22. The molecule has 0 aliphatic rings. The first kappa shape index (κ1) is 19.4. The van der Waals surface area contributed by atoms with Gasteiger partial charge >= 0.3 is 5.97 Å². The first-order valence-electron chi connectivity index (χ1n) is 9.59. The van der Waals surface area contributed by atoms with Crippen molar-refractivity contribution in [1.29, 1.82) is 0 Å². The second-order valence-corrected chi connectivity index (χ2v) is 7.81. The number of benzene rings is 2. The van der Waals surface area contributed by atoms with E-state index in [9.17, 15) is 9.90 Å². The van der Waals surface area contributed by atoms with Crippen molar-refractivity contribution in [3.63, 3.8) is 0 Å². The van der Waals surface area contributed by atoms with Crippen molar-refractivity contribution in [3.05, 3.63) is 76.3 Å². The Morgan fingerprint density at radius 3 is 2.55 bits per heavy atom. The molecule has 0 spiro atoms. The van der Waals surface area contributed by atoms with Crippen LogP contribution in [0, 0.1) is 0 Å². The SMILES string of the molecule is CCCCc1ccc(-c2ccc(-c3cc(C(=O)O)c4cccc(Br)c4n3)o2)cc1. The fraction of sp³-hybridized carbons (Fsp3) is 0.167. The molecule has 0 aliphatic carbocycles. The van der Waals surface area contributed by atoms with E-state index in [1.807, 2.05) is 18.2 Å². The van der Waals surface area contributed by atoms with Crippen molar-refractivity contribution in [2.24, 2.45) is 0 Å². The minimum atomic E-state index is -0.994. The maximum absolute atomic E-state index is 11.8. The van der Waals surface area contributed by atoms with Crippen LogP contribution in [0.1, 0.15) is 35.7 Å². The lowest BCUT2D eigenvalue weighted by atomic mass is 10.1. The van der Waals surface area contributed by atoms with Crippen LogP contribution in [0.4, 0.5) is 0 Å². The lowest BCUT2D eigenvalue weighted by Crippen LogP contribution is -2.00. The Balaban J connectivity index is 1.72. The maximum Gasteiger partial charge on any atom is 0.336 e. The molecule has 0 fully saturated rings. The maximum atomic E-state index is 11.8. The summed E-state index contributed by atoms with van der Waals surface area (Å²) < 4.78 is 6.77. The third kappa shape index (κ3) is 3.96. The van der Waals surface area contributed by atoms with Gasteiger partial charge < -0.3 is 9.52 Å². The van der Waals surface area contributed by atoms with Crippen LogP contribution in [0.25, 0.3) is 33.7 Å². The van der Waals surface area contributed by atoms with Crippen LogP contribution in [-0.4, -0.2) is 16.1 Å². The number of pyridine rings is 1. The highest BCUT2D eigenvalue weighted by atomic mass is 79.9. The van der Waals surface area contributed by atoms with Crippen LogP contribution in [0.15, 0.2) is 69.6 Å². The van der Waals surface area contributed by atoms with E-state index in [1.165, 1.54) is 18.4 Å². The summed E-state index contributed by atoms with van der Waals surface area (Å²) in [4.78, 5) is 16.4. The van der Waals surface area contributed by atoms with Gasteiger partial charge in [0.25, 0.3) is 0 Å². The summed E-state index contributed by atoms with van der Waals surface area (Å²) >= 11 is 3.47. The van der Waals surface area contributed by atoms with Crippen molar-refractivity contribution in [2.75, 3.05) is 0 Å². The normalized spacial score (nSPS) is 11.1. The van der Waals surface area contributed by atoms with Crippen molar-refractivity contribution in [2.45, 2.75) is 26.2 Å². The molecule has 0 aliphatic heterocycles. The van der Waals surface area contributed by atoms with E-state index in [2.05, 4.69) is 52.1 Å². The van der Waals surface area contributed by atoms with Crippen LogP contribution in [-0.2, 0) is 6.42 Å². The highest BCUT2D eigenvalue weighted by molar-refractivity contribution is 9.10. The molecule has 0 unspecified atom stereocenters. The van der Waals surface area contributed by atoms with Gasteiger partial charge in [0.1, 0.15) is 11.5 Å². The fourth-order valence-corrected chi connectivity index (χ4v) is 3.82. The molecule has 146 valence electrons. The topological polar surface area (TPSA) is 63.3 Å². The zero-order chi connectivity index (χ0) is 20.4. The van der Waals surface area contributed by atoms with E-state index in [0.29, 0.717) is 22.4 Å². The standard InChI is InChI=1S/C24H20BrNO3/c1-2-3-5-15-8-10-16(11-9-15)21-12-13-22(29-21)20-14-18(24(27)28)17-6-4-7-19(25)23(17)26-20/h4,6-14H,2-3,5H2,1H3,(H,27,28). The number of halogens is 1. The number of carbonyl (C=O) groups is 1. The Morgan fingerprint density at radius 2 is 1.83 bits per heavy atom. The third-order valence-electron chi connectivity index (χ3n) is 4.94. The molecule has 0 saturated carbocycles. The number of hydrogen-bond acceptors (Lipinski definition) is 3. The van der Waals surface area contributed by atoms with E-state index >= 15 is 0 Å². The number of carboxylic acid groups (broad SMARTS) is 1. The minimum absolute atomic E-state index is 0.199. The molecule has 2 heterocycles. The summed E-state index contributed by atoms with van der Waals surface area (Å²) in [5, 5.41) is 10.2. The van der Waals surface area contributed by atoms with E-state index in [-0.39, 0.29) is 5.56 Å². The number of furan rings is 1. The van der Waals surface area contributed by atoms with Crippen molar-refractivity contribution >= 4 is 32.8 Å². The molecule has 1 N–H and O–H groups in total. The Kier molecular flexibility index (Phi) is 5.49. The smallest absolute Gasteiger partial charge is 0.336 e. The van der Waals surface area contributed by atoms with Gasteiger partial charge in [0.05, 0.1) is 11.1 Å². The van der Waals surface area contributed by atoms with Crippen LogP contribution >= 0.6 is 15.9 Å². The Hall–Kier alpha value is -2.92. The predicted molar refractivity (Wildman–Crippen MR) is 118 cm³/mol. The fourth-order valence-electron chi connectivity index (χ4n) is 3.36. The Bertz CT molecular complexity index is 1180.